The predicted molar refractivity (Wildman–Crippen MR) is 88.9 cm³/mol. The Morgan fingerprint density at radius 2 is 1.95 bits per heavy atom. The van der Waals surface area contributed by atoms with Crippen molar-refractivity contribution >= 4 is 17.7 Å². The van der Waals surface area contributed by atoms with E-state index < -0.39 is 6.10 Å². The van der Waals surface area contributed by atoms with Crippen molar-refractivity contribution in [2.24, 2.45) is 0 Å². The van der Waals surface area contributed by atoms with Crippen molar-refractivity contribution < 1.29 is 9.90 Å². The summed E-state index contributed by atoms with van der Waals surface area (Å²) in [4.78, 5) is 13.2. The molecule has 1 aliphatic rings. The van der Waals surface area contributed by atoms with Crippen LogP contribution in [-0.4, -0.2) is 22.9 Å². The van der Waals surface area contributed by atoms with E-state index >= 15 is 0 Å². The zero-order chi connectivity index (χ0) is 15.5. The standard InChI is InChI=1S/C18H19NO2S/c1-12-6-8-14(9-7-12)22-11-17(21)19-18-15-5-3-2-4-13(15)10-16(18)20/h2-9,16,18,20H,10-11H2,1H3,(H,19,21)/t16-,18+/m1/s1. The van der Waals surface area contributed by atoms with Gasteiger partial charge in [0.2, 0.25) is 5.91 Å². The number of nitrogens with one attached hydrogen (secondary N) is 1. The van der Waals surface area contributed by atoms with E-state index in [1.807, 2.05) is 55.5 Å². The number of amides is 1. The molecular formula is C18H19NO2S. The van der Waals surface area contributed by atoms with Crippen LogP contribution in [-0.2, 0) is 11.2 Å². The summed E-state index contributed by atoms with van der Waals surface area (Å²) in [6.45, 7) is 2.04. The molecule has 0 heterocycles. The molecule has 0 aromatic heterocycles. The van der Waals surface area contributed by atoms with Gasteiger partial charge in [-0.25, -0.2) is 0 Å². The van der Waals surface area contributed by atoms with Gasteiger partial charge in [0.25, 0.3) is 0 Å². The third kappa shape index (κ3) is 3.34. The number of carbonyl (C=O) groups is 1. The van der Waals surface area contributed by atoms with Gasteiger partial charge in [-0.15, -0.1) is 11.8 Å². The minimum absolute atomic E-state index is 0.0497. The molecule has 0 saturated heterocycles. The lowest BCUT2D eigenvalue weighted by Crippen LogP contribution is -2.34. The Hall–Kier alpha value is -1.78. The molecule has 0 bridgehead atoms. The van der Waals surface area contributed by atoms with Crippen LogP contribution in [0.4, 0.5) is 0 Å². The lowest BCUT2D eigenvalue weighted by molar-refractivity contribution is -0.120. The Bertz CT molecular complexity index is 669. The topological polar surface area (TPSA) is 49.3 Å². The summed E-state index contributed by atoms with van der Waals surface area (Å²) in [5, 5.41) is 13.1. The van der Waals surface area contributed by atoms with Crippen LogP contribution in [0.2, 0.25) is 0 Å². The Labute approximate surface area is 134 Å². The van der Waals surface area contributed by atoms with E-state index in [0.29, 0.717) is 12.2 Å². The van der Waals surface area contributed by atoms with E-state index in [4.69, 9.17) is 0 Å². The molecule has 3 rings (SSSR count). The van der Waals surface area contributed by atoms with Gasteiger partial charge in [0.05, 0.1) is 17.9 Å². The van der Waals surface area contributed by atoms with Crippen molar-refractivity contribution in [3.63, 3.8) is 0 Å². The van der Waals surface area contributed by atoms with Crippen LogP contribution in [0, 0.1) is 6.92 Å². The lowest BCUT2D eigenvalue weighted by Gasteiger charge is -2.17. The Kier molecular flexibility index (Phi) is 4.50. The first-order valence-electron chi connectivity index (χ1n) is 7.38. The SMILES string of the molecule is Cc1ccc(SCC(=O)N[C@H]2c3ccccc3C[C@H]2O)cc1. The molecule has 0 radical (unpaired) electrons. The monoisotopic (exact) mass is 313 g/mol. The quantitative estimate of drug-likeness (QED) is 0.853. The highest BCUT2D eigenvalue weighted by molar-refractivity contribution is 8.00. The number of aliphatic hydroxyl groups is 1. The summed E-state index contributed by atoms with van der Waals surface area (Å²) >= 11 is 1.51. The van der Waals surface area contributed by atoms with Gasteiger partial charge in [-0.3, -0.25) is 4.79 Å². The lowest BCUT2D eigenvalue weighted by atomic mass is 10.1. The molecule has 0 aliphatic heterocycles. The molecule has 1 amide bonds. The Morgan fingerprint density at radius 1 is 1.23 bits per heavy atom. The van der Waals surface area contributed by atoms with Crippen molar-refractivity contribution in [2.75, 3.05) is 5.75 Å². The number of benzene rings is 2. The summed E-state index contributed by atoms with van der Waals surface area (Å²) in [5.74, 6) is 0.306. The van der Waals surface area contributed by atoms with Crippen LogP contribution < -0.4 is 5.32 Å². The van der Waals surface area contributed by atoms with Gasteiger partial charge in [-0.1, -0.05) is 42.0 Å². The predicted octanol–water partition coefficient (Wildman–Crippen LogP) is 2.86. The molecule has 0 spiro atoms. The van der Waals surface area contributed by atoms with Crippen LogP contribution >= 0.6 is 11.8 Å². The van der Waals surface area contributed by atoms with Crippen LogP contribution in [0.15, 0.2) is 53.4 Å². The first-order chi connectivity index (χ1) is 10.6. The maximum absolute atomic E-state index is 12.2. The number of hydrogen-bond acceptors (Lipinski definition) is 3. The molecule has 22 heavy (non-hydrogen) atoms. The average molecular weight is 313 g/mol. The van der Waals surface area contributed by atoms with Crippen LogP contribution in [0.3, 0.4) is 0 Å². The third-order valence-corrected chi connectivity index (χ3v) is 4.92. The van der Waals surface area contributed by atoms with E-state index in [9.17, 15) is 9.90 Å². The molecule has 2 aromatic carbocycles. The smallest absolute Gasteiger partial charge is 0.230 e. The van der Waals surface area contributed by atoms with Gasteiger partial charge in [0, 0.05) is 11.3 Å². The van der Waals surface area contributed by atoms with Crippen LogP contribution in [0.1, 0.15) is 22.7 Å². The van der Waals surface area contributed by atoms with Gasteiger partial charge in [0.1, 0.15) is 0 Å². The van der Waals surface area contributed by atoms with Crippen molar-refractivity contribution in [3.8, 4) is 0 Å². The maximum atomic E-state index is 12.2. The number of carbonyl (C=O) groups excluding carboxylic acids is 1. The molecule has 114 valence electrons. The summed E-state index contributed by atoms with van der Waals surface area (Å²) in [7, 11) is 0. The minimum Gasteiger partial charge on any atom is -0.390 e. The van der Waals surface area contributed by atoms with Crippen LogP contribution in [0.25, 0.3) is 0 Å². The molecule has 2 atom stereocenters. The van der Waals surface area contributed by atoms with E-state index in [-0.39, 0.29) is 11.9 Å². The molecule has 4 heteroatoms. The highest BCUT2D eigenvalue weighted by atomic mass is 32.2. The molecule has 0 saturated carbocycles. The highest BCUT2D eigenvalue weighted by Gasteiger charge is 2.31. The van der Waals surface area contributed by atoms with Gasteiger partial charge >= 0.3 is 0 Å². The normalized spacial score (nSPS) is 19.7. The summed E-state index contributed by atoms with van der Waals surface area (Å²) in [6.07, 6.45) is 0.0670. The minimum atomic E-state index is -0.536. The van der Waals surface area contributed by atoms with E-state index in [0.717, 1.165) is 16.0 Å². The number of thioether (sulfide) groups is 1. The molecular weight excluding hydrogens is 294 g/mol. The number of rotatable bonds is 4. The summed E-state index contributed by atoms with van der Waals surface area (Å²) in [5.41, 5.74) is 3.36. The van der Waals surface area contributed by atoms with Crippen LogP contribution in [0.5, 0.6) is 0 Å². The largest absolute Gasteiger partial charge is 0.390 e. The Morgan fingerprint density at radius 3 is 2.73 bits per heavy atom. The fourth-order valence-electron chi connectivity index (χ4n) is 2.75. The second-order valence-corrected chi connectivity index (χ2v) is 6.67. The van der Waals surface area contributed by atoms with Gasteiger partial charge in [-0.05, 0) is 30.2 Å². The molecule has 0 fully saturated rings. The second kappa shape index (κ2) is 6.55. The molecule has 3 nitrogen and oxygen atoms in total. The average Bonchev–Trinajstić information content (AvgIpc) is 2.83. The van der Waals surface area contributed by atoms with Crippen molar-refractivity contribution in [2.45, 2.75) is 30.4 Å². The number of aryl methyl sites for hydroxylation is 1. The van der Waals surface area contributed by atoms with Crippen molar-refractivity contribution in [1.29, 1.82) is 0 Å². The van der Waals surface area contributed by atoms with Gasteiger partial charge < -0.3 is 10.4 Å². The first-order valence-corrected chi connectivity index (χ1v) is 8.37. The second-order valence-electron chi connectivity index (χ2n) is 5.62. The zero-order valence-electron chi connectivity index (χ0n) is 12.5. The van der Waals surface area contributed by atoms with E-state index in [1.165, 1.54) is 17.3 Å². The first kappa shape index (κ1) is 15.1. The third-order valence-electron chi connectivity index (χ3n) is 3.91. The van der Waals surface area contributed by atoms with E-state index in [1.54, 1.807) is 0 Å². The number of aliphatic hydroxyl groups excluding tert-OH is 1. The van der Waals surface area contributed by atoms with E-state index in [2.05, 4.69) is 5.32 Å². The number of hydrogen-bond donors (Lipinski definition) is 2. The highest BCUT2D eigenvalue weighted by Crippen LogP contribution is 2.31. The zero-order valence-corrected chi connectivity index (χ0v) is 13.3. The molecule has 2 N–H and O–H groups in total. The van der Waals surface area contributed by atoms with Crippen molar-refractivity contribution in [3.05, 3.63) is 65.2 Å². The van der Waals surface area contributed by atoms with Gasteiger partial charge in [0.15, 0.2) is 0 Å². The fourth-order valence-corrected chi connectivity index (χ4v) is 3.46. The Balaban J connectivity index is 1.59. The summed E-state index contributed by atoms with van der Waals surface area (Å²) in [6, 6.07) is 15.7. The molecule has 2 aromatic rings. The number of fused-ring (bicyclic) bond motifs is 1. The maximum Gasteiger partial charge on any atom is 0.230 e. The fraction of sp³-hybridized carbons (Fsp3) is 0.278. The molecule has 1 aliphatic carbocycles. The summed E-state index contributed by atoms with van der Waals surface area (Å²) < 4.78 is 0. The molecule has 0 unspecified atom stereocenters. The van der Waals surface area contributed by atoms with Gasteiger partial charge in [-0.2, -0.15) is 0 Å². The van der Waals surface area contributed by atoms with Crippen molar-refractivity contribution in [1.82, 2.24) is 5.32 Å².